The van der Waals surface area contributed by atoms with Crippen LogP contribution in [0.25, 0.3) is 0 Å². The second-order valence-electron chi connectivity index (χ2n) is 7.37. The van der Waals surface area contributed by atoms with Crippen molar-refractivity contribution in [1.82, 2.24) is 10.6 Å². The molecule has 2 rings (SSSR count). The fraction of sp³-hybridized carbons (Fsp3) is 0.600. The standard InChI is InChI=1S/C20H31N3O4/c1-23(2)20(10-6-5-7-11-20)14-22-18(24)13-21-19(25)15-8-9-16(26-3)17(12-15)27-4/h8-9,12H,5-7,10-11,13-14H2,1-4H3,(H,21,25)(H,22,24)/p+1. The molecule has 0 atom stereocenters. The Balaban J connectivity index is 1.87. The van der Waals surface area contributed by atoms with Crippen molar-refractivity contribution in [3.05, 3.63) is 23.8 Å². The van der Waals surface area contributed by atoms with E-state index in [-0.39, 0.29) is 23.9 Å². The van der Waals surface area contributed by atoms with E-state index in [0.29, 0.717) is 23.6 Å². The highest BCUT2D eigenvalue weighted by Gasteiger charge is 2.38. The molecule has 1 aromatic carbocycles. The Morgan fingerprint density at radius 1 is 1.04 bits per heavy atom. The van der Waals surface area contributed by atoms with Gasteiger partial charge in [0.25, 0.3) is 5.91 Å². The zero-order chi connectivity index (χ0) is 19.9. The van der Waals surface area contributed by atoms with Crippen molar-refractivity contribution in [2.75, 3.05) is 41.4 Å². The average molecular weight is 378 g/mol. The van der Waals surface area contributed by atoms with Gasteiger partial charge in [0.15, 0.2) is 11.5 Å². The Morgan fingerprint density at radius 3 is 2.30 bits per heavy atom. The number of hydrogen-bond donors (Lipinski definition) is 3. The van der Waals surface area contributed by atoms with Crippen LogP contribution in [0.2, 0.25) is 0 Å². The molecule has 0 saturated heterocycles. The van der Waals surface area contributed by atoms with Gasteiger partial charge in [0.05, 0.1) is 41.4 Å². The molecule has 0 bridgehead atoms. The number of methoxy groups -OCH3 is 2. The molecule has 0 radical (unpaired) electrons. The first-order chi connectivity index (χ1) is 12.9. The van der Waals surface area contributed by atoms with E-state index in [1.165, 1.54) is 38.4 Å². The van der Waals surface area contributed by atoms with E-state index in [1.807, 2.05) is 0 Å². The predicted octanol–water partition coefficient (Wildman–Crippen LogP) is 0.397. The summed E-state index contributed by atoms with van der Waals surface area (Å²) in [6, 6.07) is 4.90. The van der Waals surface area contributed by atoms with E-state index >= 15 is 0 Å². The average Bonchev–Trinajstić information content (AvgIpc) is 2.70. The highest BCUT2D eigenvalue weighted by atomic mass is 16.5. The molecule has 0 aromatic heterocycles. The zero-order valence-corrected chi connectivity index (χ0v) is 16.8. The third kappa shape index (κ3) is 5.35. The van der Waals surface area contributed by atoms with E-state index < -0.39 is 0 Å². The van der Waals surface area contributed by atoms with Crippen LogP contribution in [0.1, 0.15) is 42.5 Å². The molecule has 1 saturated carbocycles. The lowest BCUT2D eigenvalue weighted by Gasteiger charge is -2.39. The summed E-state index contributed by atoms with van der Waals surface area (Å²) in [6.45, 7) is 0.590. The van der Waals surface area contributed by atoms with Crippen molar-refractivity contribution in [1.29, 1.82) is 0 Å². The lowest BCUT2D eigenvalue weighted by molar-refractivity contribution is -0.916. The number of benzene rings is 1. The molecule has 1 aliphatic rings. The minimum Gasteiger partial charge on any atom is -0.493 e. The smallest absolute Gasteiger partial charge is 0.251 e. The van der Waals surface area contributed by atoms with Gasteiger partial charge in [0, 0.05) is 18.4 Å². The maximum absolute atomic E-state index is 12.3. The maximum atomic E-state index is 12.3. The minimum absolute atomic E-state index is 0.0496. The lowest BCUT2D eigenvalue weighted by atomic mass is 9.80. The second kappa shape index (κ2) is 9.60. The van der Waals surface area contributed by atoms with Gasteiger partial charge >= 0.3 is 0 Å². The van der Waals surface area contributed by atoms with Crippen LogP contribution in [-0.4, -0.2) is 58.8 Å². The van der Waals surface area contributed by atoms with Gasteiger partial charge in [-0.25, -0.2) is 0 Å². The SMILES string of the molecule is COc1ccc(C(=O)NCC(=O)NCC2([NH+](C)C)CCCCC2)cc1OC. The number of nitrogens with one attached hydrogen (secondary N) is 3. The molecular weight excluding hydrogens is 346 g/mol. The first-order valence-corrected chi connectivity index (χ1v) is 9.49. The fourth-order valence-corrected chi connectivity index (χ4v) is 3.65. The summed E-state index contributed by atoms with van der Waals surface area (Å²) in [7, 11) is 7.35. The molecule has 0 heterocycles. The van der Waals surface area contributed by atoms with Gasteiger partial charge in [-0.05, 0) is 31.0 Å². The fourth-order valence-electron chi connectivity index (χ4n) is 3.65. The molecule has 1 aliphatic carbocycles. The van der Waals surface area contributed by atoms with Gasteiger partial charge in [-0.1, -0.05) is 6.42 Å². The number of likely N-dealkylation sites (N-methyl/N-ethyl adjacent to an activating group) is 1. The summed E-state index contributed by atoms with van der Waals surface area (Å²) >= 11 is 0. The summed E-state index contributed by atoms with van der Waals surface area (Å²) < 4.78 is 10.4. The van der Waals surface area contributed by atoms with Crippen molar-refractivity contribution in [2.45, 2.75) is 37.6 Å². The highest BCUT2D eigenvalue weighted by Crippen LogP contribution is 2.27. The van der Waals surface area contributed by atoms with Crippen molar-refractivity contribution >= 4 is 11.8 Å². The molecule has 1 aromatic rings. The van der Waals surface area contributed by atoms with Crippen molar-refractivity contribution in [3.8, 4) is 11.5 Å². The summed E-state index contributed by atoms with van der Waals surface area (Å²) in [5.74, 6) is 0.533. The molecular formula is C20H32N3O4+. The largest absolute Gasteiger partial charge is 0.493 e. The zero-order valence-electron chi connectivity index (χ0n) is 16.8. The van der Waals surface area contributed by atoms with Crippen LogP contribution >= 0.6 is 0 Å². The molecule has 0 aliphatic heterocycles. The first-order valence-electron chi connectivity index (χ1n) is 9.49. The Bertz CT molecular complexity index is 655. The van der Waals surface area contributed by atoms with E-state index in [9.17, 15) is 9.59 Å². The topological polar surface area (TPSA) is 81.1 Å². The normalized spacial score (nSPS) is 15.9. The quantitative estimate of drug-likeness (QED) is 0.612. The van der Waals surface area contributed by atoms with Crippen LogP contribution in [0.15, 0.2) is 18.2 Å². The van der Waals surface area contributed by atoms with Crippen molar-refractivity contribution < 1.29 is 24.0 Å². The van der Waals surface area contributed by atoms with E-state index in [0.717, 1.165) is 12.8 Å². The molecule has 2 amide bonds. The van der Waals surface area contributed by atoms with Gasteiger partial charge < -0.3 is 25.0 Å². The third-order valence-corrected chi connectivity index (χ3v) is 5.55. The molecule has 7 heteroatoms. The number of rotatable bonds is 8. The third-order valence-electron chi connectivity index (χ3n) is 5.55. The first kappa shape index (κ1) is 21.0. The Labute approximate surface area is 161 Å². The number of ether oxygens (including phenoxy) is 2. The molecule has 1 fully saturated rings. The van der Waals surface area contributed by atoms with Crippen molar-refractivity contribution in [2.24, 2.45) is 0 Å². The number of carbonyl (C=O) groups excluding carboxylic acids is 2. The Hall–Kier alpha value is -2.28. The summed E-state index contributed by atoms with van der Waals surface area (Å²) in [6.07, 6.45) is 5.92. The van der Waals surface area contributed by atoms with Crippen LogP contribution in [0.3, 0.4) is 0 Å². The minimum atomic E-state index is -0.322. The van der Waals surface area contributed by atoms with Crippen LogP contribution in [0.4, 0.5) is 0 Å². The van der Waals surface area contributed by atoms with Crippen LogP contribution in [-0.2, 0) is 4.79 Å². The second-order valence-corrected chi connectivity index (χ2v) is 7.37. The predicted molar refractivity (Wildman–Crippen MR) is 104 cm³/mol. The Morgan fingerprint density at radius 2 is 1.70 bits per heavy atom. The lowest BCUT2D eigenvalue weighted by Crippen LogP contribution is -3.16. The molecule has 27 heavy (non-hydrogen) atoms. The van der Waals surface area contributed by atoms with E-state index in [1.54, 1.807) is 18.2 Å². The van der Waals surface area contributed by atoms with Gasteiger partial charge in [-0.2, -0.15) is 0 Å². The van der Waals surface area contributed by atoms with Crippen LogP contribution in [0, 0.1) is 0 Å². The number of carbonyl (C=O) groups is 2. The van der Waals surface area contributed by atoms with Crippen LogP contribution < -0.4 is 25.0 Å². The van der Waals surface area contributed by atoms with Gasteiger partial charge in [0.1, 0.15) is 5.54 Å². The van der Waals surface area contributed by atoms with Crippen molar-refractivity contribution in [3.63, 3.8) is 0 Å². The summed E-state index contributed by atoms with van der Waals surface area (Å²) in [5, 5.41) is 5.67. The Kier molecular flexibility index (Phi) is 7.47. The number of hydrogen-bond acceptors (Lipinski definition) is 4. The molecule has 150 valence electrons. The number of quaternary nitrogens is 1. The van der Waals surface area contributed by atoms with E-state index in [2.05, 4.69) is 24.7 Å². The van der Waals surface area contributed by atoms with Gasteiger partial charge in [-0.15, -0.1) is 0 Å². The monoisotopic (exact) mass is 378 g/mol. The van der Waals surface area contributed by atoms with E-state index in [4.69, 9.17) is 9.47 Å². The summed E-state index contributed by atoms with van der Waals surface area (Å²) in [5.41, 5.74) is 0.517. The van der Waals surface area contributed by atoms with Gasteiger partial charge in [0.2, 0.25) is 5.91 Å². The number of amides is 2. The van der Waals surface area contributed by atoms with Crippen LogP contribution in [0.5, 0.6) is 11.5 Å². The maximum Gasteiger partial charge on any atom is 0.251 e. The molecule has 3 N–H and O–H groups in total. The molecule has 0 unspecified atom stereocenters. The summed E-state index contributed by atoms with van der Waals surface area (Å²) in [4.78, 5) is 25.9. The molecule has 0 spiro atoms. The van der Waals surface area contributed by atoms with Gasteiger partial charge in [-0.3, -0.25) is 9.59 Å². The highest BCUT2D eigenvalue weighted by molar-refractivity contribution is 5.97. The molecule has 7 nitrogen and oxygen atoms in total.